The van der Waals surface area contributed by atoms with Crippen LogP contribution in [0.1, 0.15) is 28.8 Å². The van der Waals surface area contributed by atoms with Gasteiger partial charge in [-0.05, 0) is 60.7 Å². The Hall–Kier alpha value is -2.41. The van der Waals surface area contributed by atoms with Crippen LogP contribution >= 0.6 is 11.6 Å². The van der Waals surface area contributed by atoms with Crippen LogP contribution in [-0.4, -0.2) is 19.1 Å². The number of carbonyl (C=O) groups is 1. The zero-order chi connectivity index (χ0) is 20.7. The molecule has 1 aliphatic carbocycles. The predicted octanol–water partition coefficient (Wildman–Crippen LogP) is 5.12. The van der Waals surface area contributed by atoms with Gasteiger partial charge >= 0.3 is 0 Å². The van der Waals surface area contributed by atoms with Crippen molar-refractivity contribution in [2.45, 2.75) is 19.8 Å². The summed E-state index contributed by atoms with van der Waals surface area (Å²) in [5, 5.41) is 0.661. The first-order valence-corrected chi connectivity index (χ1v) is 10.8. The number of hydrogen-bond acceptors (Lipinski definition) is 3. The van der Waals surface area contributed by atoms with E-state index in [-0.39, 0.29) is 11.7 Å². The van der Waals surface area contributed by atoms with Gasteiger partial charge in [-0.15, -0.1) is 0 Å². The van der Waals surface area contributed by atoms with Crippen molar-refractivity contribution < 1.29 is 13.6 Å². The largest absolute Gasteiger partial charge is 0.755 e. The maximum absolute atomic E-state index is 13.2. The fourth-order valence-electron chi connectivity index (χ4n) is 3.83. The number of hydrogen-bond donors (Lipinski definition) is 1. The van der Waals surface area contributed by atoms with Crippen LogP contribution in [0.15, 0.2) is 48.5 Å². The summed E-state index contributed by atoms with van der Waals surface area (Å²) in [4.78, 5) is 13.2. The maximum Gasteiger partial charge on any atom is 0.168 e. The molecule has 7 heteroatoms. The van der Waals surface area contributed by atoms with E-state index in [0.717, 1.165) is 46.5 Å². The van der Waals surface area contributed by atoms with E-state index in [4.69, 9.17) is 11.6 Å². The monoisotopic (exact) mass is 427 g/mol. The molecule has 1 N–H and O–H groups in total. The van der Waals surface area contributed by atoms with Crippen LogP contribution < -0.4 is 4.72 Å². The third-order valence-electron chi connectivity index (χ3n) is 5.31. The lowest BCUT2D eigenvalue weighted by Gasteiger charge is -2.12. The Balaban J connectivity index is 1.87. The van der Waals surface area contributed by atoms with Gasteiger partial charge in [0.15, 0.2) is 5.78 Å². The Labute approximate surface area is 177 Å². The molecule has 0 bridgehead atoms. The molecular formula is C22H20ClN2O3S-. The van der Waals surface area contributed by atoms with E-state index in [1.165, 1.54) is 0 Å². The summed E-state index contributed by atoms with van der Waals surface area (Å²) in [5.74, 6) is 0.271. The van der Waals surface area contributed by atoms with Crippen molar-refractivity contribution in [3.05, 3.63) is 64.7 Å². The standard InChI is InChI=1S/C22H21ClN2O3S/c1-13-19(22(26)16-3-4-16)21(15-7-11-18(12-8-15)24-29(27)28)25(2)20(13)14-5-9-17(23)10-6-14/h5-12,16,24H,3-4H2,1-2H3,(H,27,28)/p-1. The first-order valence-electron chi connectivity index (χ1n) is 9.32. The molecule has 1 fully saturated rings. The molecular weight excluding hydrogens is 408 g/mol. The van der Waals surface area contributed by atoms with Crippen molar-refractivity contribution in [3.8, 4) is 22.5 Å². The van der Waals surface area contributed by atoms with Crippen molar-refractivity contribution in [3.63, 3.8) is 0 Å². The van der Waals surface area contributed by atoms with Crippen LogP contribution in [0.4, 0.5) is 5.69 Å². The van der Waals surface area contributed by atoms with Gasteiger partial charge in [-0.3, -0.25) is 9.00 Å². The van der Waals surface area contributed by atoms with Gasteiger partial charge in [0, 0.05) is 40.5 Å². The number of ketones is 1. The molecule has 0 spiro atoms. The van der Waals surface area contributed by atoms with Gasteiger partial charge in [0.25, 0.3) is 0 Å². The molecule has 29 heavy (non-hydrogen) atoms. The molecule has 0 amide bonds. The van der Waals surface area contributed by atoms with Crippen molar-refractivity contribution in [1.29, 1.82) is 0 Å². The topological polar surface area (TPSA) is 74.2 Å². The molecule has 3 aromatic rings. The minimum Gasteiger partial charge on any atom is -0.755 e. The number of halogens is 1. The van der Waals surface area contributed by atoms with E-state index in [0.29, 0.717) is 10.7 Å². The van der Waals surface area contributed by atoms with Crippen LogP contribution in [0.25, 0.3) is 22.5 Å². The second-order valence-electron chi connectivity index (χ2n) is 7.32. The predicted molar refractivity (Wildman–Crippen MR) is 116 cm³/mol. The number of carbonyl (C=O) groups excluding carboxylic acids is 1. The molecule has 1 saturated carbocycles. The third-order valence-corrected chi connectivity index (χ3v) is 5.96. The molecule has 1 heterocycles. The number of benzene rings is 2. The SMILES string of the molecule is Cc1c(C(=O)C2CC2)c(-c2ccc(NS(=O)[O-])cc2)n(C)c1-c1ccc(Cl)cc1. The van der Waals surface area contributed by atoms with Crippen LogP contribution in [0.3, 0.4) is 0 Å². The van der Waals surface area contributed by atoms with Gasteiger partial charge in [0.05, 0.1) is 11.4 Å². The summed E-state index contributed by atoms with van der Waals surface area (Å²) in [6, 6.07) is 14.6. The number of anilines is 1. The van der Waals surface area contributed by atoms with Crippen molar-refractivity contribution in [1.82, 2.24) is 4.57 Å². The zero-order valence-corrected chi connectivity index (χ0v) is 17.6. The minimum atomic E-state index is -2.38. The highest BCUT2D eigenvalue weighted by Crippen LogP contribution is 2.42. The number of nitrogens with zero attached hydrogens (tertiary/aromatic N) is 1. The fraction of sp³-hybridized carbons (Fsp3) is 0.227. The van der Waals surface area contributed by atoms with Crippen LogP contribution in [-0.2, 0) is 18.3 Å². The Morgan fingerprint density at radius 2 is 1.62 bits per heavy atom. The molecule has 4 rings (SSSR count). The van der Waals surface area contributed by atoms with Gasteiger partial charge in [-0.25, -0.2) is 0 Å². The number of aromatic nitrogens is 1. The molecule has 2 aromatic carbocycles. The molecule has 150 valence electrons. The van der Waals surface area contributed by atoms with E-state index in [2.05, 4.69) is 4.72 Å². The highest BCUT2D eigenvalue weighted by Gasteiger charge is 2.35. The first-order chi connectivity index (χ1) is 13.9. The molecule has 0 radical (unpaired) electrons. The third kappa shape index (κ3) is 3.88. The van der Waals surface area contributed by atoms with Crippen LogP contribution in [0.2, 0.25) is 5.02 Å². The summed E-state index contributed by atoms with van der Waals surface area (Å²) in [7, 11) is 1.95. The van der Waals surface area contributed by atoms with Gasteiger partial charge in [0.1, 0.15) is 0 Å². The first kappa shape index (κ1) is 19.9. The van der Waals surface area contributed by atoms with Crippen molar-refractivity contribution >= 4 is 34.3 Å². The maximum atomic E-state index is 13.2. The second-order valence-corrected chi connectivity index (χ2v) is 8.43. The summed E-state index contributed by atoms with van der Waals surface area (Å²) in [6.07, 6.45) is 1.86. The minimum absolute atomic E-state index is 0.0942. The molecule has 0 saturated heterocycles. The molecule has 1 aromatic heterocycles. The zero-order valence-electron chi connectivity index (χ0n) is 16.1. The normalized spacial score (nSPS) is 14.6. The summed E-state index contributed by atoms with van der Waals surface area (Å²) in [6.45, 7) is 1.99. The number of rotatable bonds is 6. The Kier molecular flexibility index (Phi) is 5.34. The summed E-state index contributed by atoms with van der Waals surface area (Å²) >= 11 is 3.67. The molecule has 0 aliphatic heterocycles. The molecule has 1 atom stereocenters. The lowest BCUT2D eigenvalue weighted by molar-refractivity contribution is 0.0968. The smallest absolute Gasteiger partial charge is 0.168 e. The van der Waals surface area contributed by atoms with Crippen LogP contribution in [0, 0.1) is 12.8 Å². The lowest BCUT2D eigenvalue weighted by atomic mass is 9.97. The van der Waals surface area contributed by atoms with Crippen LogP contribution in [0.5, 0.6) is 0 Å². The van der Waals surface area contributed by atoms with Gasteiger partial charge in [-0.2, -0.15) is 0 Å². The fourth-order valence-corrected chi connectivity index (χ4v) is 4.28. The van der Waals surface area contributed by atoms with Gasteiger partial charge in [0.2, 0.25) is 0 Å². The second kappa shape index (κ2) is 7.78. The molecule has 1 aliphatic rings. The van der Waals surface area contributed by atoms with Gasteiger partial charge < -0.3 is 13.8 Å². The van der Waals surface area contributed by atoms with Gasteiger partial charge in [-0.1, -0.05) is 35.9 Å². The molecule has 1 unspecified atom stereocenters. The van der Waals surface area contributed by atoms with E-state index < -0.39 is 11.3 Å². The summed E-state index contributed by atoms with van der Waals surface area (Å²) in [5.41, 5.74) is 5.84. The van der Waals surface area contributed by atoms with Crippen molar-refractivity contribution in [2.75, 3.05) is 4.72 Å². The van der Waals surface area contributed by atoms with E-state index in [9.17, 15) is 13.6 Å². The highest BCUT2D eigenvalue weighted by molar-refractivity contribution is 7.80. The van der Waals surface area contributed by atoms with E-state index in [1.54, 1.807) is 12.1 Å². The molecule has 5 nitrogen and oxygen atoms in total. The lowest BCUT2D eigenvalue weighted by Crippen LogP contribution is -2.05. The number of nitrogens with one attached hydrogen (secondary N) is 1. The van der Waals surface area contributed by atoms with E-state index in [1.807, 2.05) is 54.9 Å². The number of Topliss-reactive ketones (excluding diaryl/α,β-unsaturated/α-hetero) is 1. The Morgan fingerprint density at radius 1 is 1.07 bits per heavy atom. The van der Waals surface area contributed by atoms with Crippen molar-refractivity contribution in [2.24, 2.45) is 13.0 Å². The average molecular weight is 428 g/mol. The quantitative estimate of drug-likeness (QED) is 0.438. The van der Waals surface area contributed by atoms with E-state index >= 15 is 0 Å². The Bertz CT molecular complexity index is 1100. The highest BCUT2D eigenvalue weighted by atomic mass is 35.5. The Morgan fingerprint density at radius 3 is 2.17 bits per heavy atom. The summed E-state index contributed by atoms with van der Waals surface area (Å²) < 4.78 is 26.1. The average Bonchev–Trinajstić information content (AvgIpc) is 3.49.